The second kappa shape index (κ2) is 5.08. The maximum absolute atomic E-state index is 4.48. The van der Waals surface area contributed by atoms with Crippen molar-refractivity contribution in [3.8, 4) is 0 Å². The highest BCUT2D eigenvalue weighted by Gasteiger charge is 2.08. The van der Waals surface area contributed by atoms with Gasteiger partial charge in [-0.1, -0.05) is 0 Å². The lowest BCUT2D eigenvalue weighted by Crippen LogP contribution is -2.14. The molecule has 0 unspecified atom stereocenters. The van der Waals surface area contributed by atoms with Crippen LogP contribution in [0.1, 0.15) is 5.82 Å². The molecule has 8 heteroatoms. The van der Waals surface area contributed by atoms with Gasteiger partial charge in [-0.05, 0) is 18.2 Å². The van der Waals surface area contributed by atoms with E-state index in [1.165, 1.54) is 0 Å². The Morgan fingerprint density at radius 3 is 2.70 bits per heavy atom. The summed E-state index contributed by atoms with van der Waals surface area (Å²) in [5.74, 6) is 2.10. The molecule has 1 N–H and O–H groups in total. The molecule has 0 amide bonds. The fraction of sp³-hybridized carbons (Fsp3) is 0.250. The van der Waals surface area contributed by atoms with E-state index >= 15 is 0 Å². The van der Waals surface area contributed by atoms with Gasteiger partial charge in [-0.3, -0.25) is 0 Å². The minimum atomic E-state index is 0.453. The summed E-state index contributed by atoms with van der Waals surface area (Å²) in [6.45, 7) is 0.453. The monoisotopic (exact) mass is 270 g/mol. The summed E-state index contributed by atoms with van der Waals surface area (Å²) in [4.78, 5) is 10.1. The van der Waals surface area contributed by atoms with E-state index in [9.17, 15) is 0 Å². The molecule has 0 saturated carbocycles. The number of hydrogen-bond acceptors (Lipinski definition) is 7. The predicted molar refractivity (Wildman–Crippen MR) is 74.5 cm³/mol. The Morgan fingerprint density at radius 2 is 1.95 bits per heavy atom. The molecule has 0 saturated heterocycles. The van der Waals surface area contributed by atoms with Gasteiger partial charge in [0.05, 0.1) is 6.54 Å². The normalized spacial score (nSPS) is 10.7. The van der Waals surface area contributed by atoms with Gasteiger partial charge in [0, 0.05) is 26.5 Å². The quantitative estimate of drug-likeness (QED) is 0.742. The van der Waals surface area contributed by atoms with Crippen molar-refractivity contribution in [2.75, 3.05) is 24.3 Å². The van der Waals surface area contributed by atoms with E-state index in [0.717, 1.165) is 5.82 Å². The fourth-order valence-electron chi connectivity index (χ4n) is 1.72. The van der Waals surface area contributed by atoms with E-state index in [-0.39, 0.29) is 0 Å². The molecule has 3 rings (SSSR count). The summed E-state index contributed by atoms with van der Waals surface area (Å²) in [5.41, 5.74) is 0.710. The van der Waals surface area contributed by atoms with Crippen LogP contribution >= 0.6 is 0 Å². The van der Waals surface area contributed by atoms with E-state index in [4.69, 9.17) is 0 Å². The Labute approximate surface area is 115 Å². The second-order valence-corrected chi connectivity index (χ2v) is 4.40. The van der Waals surface area contributed by atoms with Crippen molar-refractivity contribution < 1.29 is 0 Å². The number of rotatable bonds is 4. The van der Waals surface area contributed by atoms with Gasteiger partial charge in [0.2, 0.25) is 5.95 Å². The first-order chi connectivity index (χ1) is 9.74. The average molecular weight is 270 g/mol. The summed E-state index contributed by atoms with van der Waals surface area (Å²) in [6.07, 6.45) is 3.36. The minimum Gasteiger partial charge on any atom is -0.361 e. The summed E-state index contributed by atoms with van der Waals surface area (Å²) in [5, 5.41) is 15.8. The second-order valence-electron chi connectivity index (χ2n) is 4.40. The third-order valence-electron chi connectivity index (χ3n) is 2.74. The van der Waals surface area contributed by atoms with E-state index in [1.807, 2.05) is 31.1 Å². The van der Waals surface area contributed by atoms with Gasteiger partial charge < -0.3 is 10.2 Å². The molecule has 3 heterocycles. The molecule has 0 bridgehead atoms. The average Bonchev–Trinajstić information content (AvgIpc) is 2.88. The number of fused-ring (bicyclic) bond motifs is 1. The molecule has 8 nitrogen and oxygen atoms in total. The van der Waals surface area contributed by atoms with Crippen molar-refractivity contribution in [1.29, 1.82) is 0 Å². The maximum atomic E-state index is 4.48. The highest BCUT2D eigenvalue weighted by molar-refractivity contribution is 5.45. The number of hydrogen-bond donors (Lipinski definition) is 1. The van der Waals surface area contributed by atoms with Crippen LogP contribution < -0.4 is 10.2 Å². The zero-order valence-corrected chi connectivity index (χ0v) is 11.2. The Kier molecular flexibility index (Phi) is 3.12. The highest BCUT2D eigenvalue weighted by atomic mass is 15.4. The Morgan fingerprint density at radius 1 is 1.15 bits per heavy atom. The molecule has 3 aromatic heterocycles. The topological polar surface area (TPSA) is 84.1 Å². The lowest BCUT2D eigenvalue weighted by Gasteiger charge is -2.10. The Balaban J connectivity index is 1.86. The van der Waals surface area contributed by atoms with Crippen LogP contribution in [0.2, 0.25) is 0 Å². The molecule has 0 radical (unpaired) electrons. The van der Waals surface area contributed by atoms with Crippen LogP contribution in [0.3, 0.4) is 0 Å². The van der Waals surface area contributed by atoms with Gasteiger partial charge in [0.25, 0.3) is 0 Å². The van der Waals surface area contributed by atoms with E-state index in [0.29, 0.717) is 24.0 Å². The van der Waals surface area contributed by atoms with Crippen molar-refractivity contribution in [3.63, 3.8) is 0 Å². The van der Waals surface area contributed by atoms with Crippen LogP contribution in [-0.2, 0) is 6.54 Å². The van der Waals surface area contributed by atoms with Crippen LogP contribution in [0.15, 0.2) is 30.6 Å². The SMILES string of the molecule is CN(C)c1ccc2nnc(CNc3ncccn3)n2n1. The molecule has 102 valence electrons. The number of anilines is 2. The molecule has 0 aliphatic heterocycles. The van der Waals surface area contributed by atoms with Crippen molar-refractivity contribution in [2.24, 2.45) is 0 Å². The molecule has 0 aliphatic carbocycles. The zero-order valence-electron chi connectivity index (χ0n) is 11.2. The lowest BCUT2D eigenvalue weighted by atomic mass is 10.5. The van der Waals surface area contributed by atoms with Crippen LogP contribution in [-0.4, -0.2) is 43.9 Å². The van der Waals surface area contributed by atoms with Gasteiger partial charge in [-0.15, -0.1) is 15.3 Å². The molecule has 20 heavy (non-hydrogen) atoms. The van der Waals surface area contributed by atoms with E-state index in [2.05, 4.69) is 30.6 Å². The van der Waals surface area contributed by atoms with Gasteiger partial charge in [0.15, 0.2) is 11.5 Å². The fourth-order valence-corrected chi connectivity index (χ4v) is 1.72. The van der Waals surface area contributed by atoms with Crippen molar-refractivity contribution in [1.82, 2.24) is 29.8 Å². The molecule has 0 spiro atoms. The minimum absolute atomic E-state index is 0.453. The molecule has 0 fully saturated rings. The molecule has 0 atom stereocenters. The largest absolute Gasteiger partial charge is 0.361 e. The lowest BCUT2D eigenvalue weighted by molar-refractivity contribution is 0.813. The third-order valence-corrected chi connectivity index (χ3v) is 2.74. The van der Waals surface area contributed by atoms with Gasteiger partial charge in [-0.25, -0.2) is 9.97 Å². The summed E-state index contributed by atoms with van der Waals surface area (Å²) < 4.78 is 1.71. The van der Waals surface area contributed by atoms with Crippen molar-refractivity contribution in [2.45, 2.75) is 6.54 Å². The standard InChI is InChI=1S/C12H14N8/c1-19(2)10-5-4-9-16-17-11(20(9)18-10)8-15-12-13-6-3-7-14-12/h3-7H,8H2,1-2H3,(H,13,14,15). The molecule has 0 aromatic carbocycles. The summed E-state index contributed by atoms with van der Waals surface area (Å²) in [6, 6.07) is 5.56. The zero-order chi connectivity index (χ0) is 13.9. The van der Waals surface area contributed by atoms with Crippen molar-refractivity contribution in [3.05, 3.63) is 36.4 Å². The predicted octanol–water partition coefficient (Wildman–Crippen LogP) is 0.592. The highest BCUT2D eigenvalue weighted by Crippen LogP contribution is 2.10. The first-order valence-electron chi connectivity index (χ1n) is 6.13. The molecular weight excluding hydrogens is 256 g/mol. The van der Waals surface area contributed by atoms with Crippen LogP contribution in [0.5, 0.6) is 0 Å². The first kappa shape index (κ1) is 12.3. The summed E-state index contributed by atoms with van der Waals surface area (Å²) in [7, 11) is 3.88. The van der Waals surface area contributed by atoms with Gasteiger partial charge >= 0.3 is 0 Å². The van der Waals surface area contributed by atoms with Gasteiger partial charge in [0.1, 0.15) is 5.82 Å². The van der Waals surface area contributed by atoms with Crippen LogP contribution in [0, 0.1) is 0 Å². The van der Waals surface area contributed by atoms with Crippen LogP contribution in [0.25, 0.3) is 5.65 Å². The Bertz CT molecular complexity index is 706. The maximum Gasteiger partial charge on any atom is 0.222 e. The molecule has 3 aromatic rings. The number of nitrogens with zero attached hydrogens (tertiary/aromatic N) is 7. The number of nitrogens with one attached hydrogen (secondary N) is 1. The Hall–Kier alpha value is -2.77. The number of aromatic nitrogens is 6. The van der Waals surface area contributed by atoms with Crippen molar-refractivity contribution >= 4 is 17.4 Å². The molecule has 0 aliphatic rings. The smallest absolute Gasteiger partial charge is 0.222 e. The first-order valence-corrected chi connectivity index (χ1v) is 6.13. The molecular formula is C12H14N8. The third kappa shape index (κ3) is 2.35. The van der Waals surface area contributed by atoms with E-state index < -0.39 is 0 Å². The van der Waals surface area contributed by atoms with E-state index in [1.54, 1.807) is 23.0 Å². The summed E-state index contributed by atoms with van der Waals surface area (Å²) >= 11 is 0. The van der Waals surface area contributed by atoms with Gasteiger partial charge in [-0.2, -0.15) is 4.52 Å². The van der Waals surface area contributed by atoms with Crippen LogP contribution in [0.4, 0.5) is 11.8 Å².